The number of carbonyl (C=O) groups excluding carboxylic acids is 1. The van der Waals surface area contributed by atoms with Crippen LogP contribution in [-0.2, 0) is 21.4 Å². The molecular weight excluding hydrogens is 502 g/mol. The number of halogens is 1. The van der Waals surface area contributed by atoms with Gasteiger partial charge < -0.3 is 5.32 Å². The Kier molecular flexibility index (Phi) is 7.67. The predicted octanol–water partition coefficient (Wildman–Crippen LogP) is 2.78. The number of nitro benzene ring substituents is 1. The van der Waals surface area contributed by atoms with E-state index in [1.165, 1.54) is 28.6 Å². The van der Waals surface area contributed by atoms with Crippen molar-refractivity contribution in [2.24, 2.45) is 5.92 Å². The first-order valence-corrected chi connectivity index (χ1v) is 12.6. The average molecular weight is 528 g/mol. The summed E-state index contributed by atoms with van der Waals surface area (Å²) >= 11 is 3.50. The lowest BCUT2D eigenvalue weighted by Crippen LogP contribution is -2.43. The number of carbonyl (C=O) groups is 1. The minimum atomic E-state index is -3.75. The number of non-ortho nitro benzene ring substituents is 1. The average Bonchev–Trinajstić information content (AvgIpc) is 3.03. The van der Waals surface area contributed by atoms with Crippen molar-refractivity contribution in [2.75, 3.05) is 19.6 Å². The van der Waals surface area contributed by atoms with Crippen LogP contribution in [0.15, 0.2) is 33.6 Å². The van der Waals surface area contributed by atoms with Crippen molar-refractivity contribution in [3.05, 3.63) is 50.2 Å². The summed E-state index contributed by atoms with van der Waals surface area (Å²) in [5.41, 5.74) is 1.82. The SMILES string of the molecule is Cc1nn(CCCNC(=O)C2CCN(S(=O)(=O)c3ccc([N+](=O)[O-])cc3)CC2)c(C)c1Br. The summed E-state index contributed by atoms with van der Waals surface area (Å²) in [7, 11) is -3.75. The van der Waals surface area contributed by atoms with Crippen LogP contribution in [0.3, 0.4) is 0 Å². The van der Waals surface area contributed by atoms with Gasteiger partial charge in [-0.25, -0.2) is 8.42 Å². The molecule has 1 aliphatic rings. The highest BCUT2D eigenvalue weighted by Gasteiger charge is 2.32. The maximum atomic E-state index is 12.8. The molecule has 1 N–H and O–H groups in total. The molecule has 0 atom stereocenters. The molecule has 0 bridgehead atoms. The standard InChI is InChI=1S/C20H26BrN5O5S/c1-14-19(21)15(2)25(23-14)11-3-10-22-20(27)16-8-12-24(13-9-16)32(30,31)18-6-4-17(5-7-18)26(28)29/h4-7,16H,3,8-13H2,1-2H3,(H,22,27). The maximum Gasteiger partial charge on any atom is 0.269 e. The Balaban J connectivity index is 1.46. The van der Waals surface area contributed by atoms with E-state index in [-0.39, 0.29) is 35.5 Å². The first-order valence-electron chi connectivity index (χ1n) is 10.3. The van der Waals surface area contributed by atoms with Gasteiger partial charge in [-0.05, 0) is 61.2 Å². The van der Waals surface area contributed by atoms with Crippen molar-refractivity contribution in [3.8, 4) is 0 Å². The highest BCUT2D eigenvalue weighted by atomic mass is 79.9. The molecule has 2 heterocycles. The number of piperidine rings is 1. The molecule has 1 amide bonds. The zero-order valence-electron chi connectivity index (χ0n) is 18.0. The molecule has 2 aromatic rings. The van der Waals surface area contributed by atoms with Crippen molar-refractivity contribution in [2.45, 2.75) is 44.6 Å². The molecular formula is C20H26BrN5O5S. The first kappa shape index (κ1) is 24.3. The number of hydrogen-bond donors (Lipinski definition) is 1. The molecule has 174 valence electrons. The van der Waals surface area contributed by atoms with E-state index in [9.17, 15) is 23.3 Å². The Morgan fingerprint density at radius 2 is 1.88 bits per heavy atom. The lowest BCUT2D eigenvalue weighted by Gasteiger charge is -2.30. The molecule has 1 aromatic heterocycles. The molecule has 0 aliphatic carbocycles. The zero-order valence-corrected chi connectivity index (χ0v) is 20.4. The van der Waals surface area contributed by atoms with Gasteiger partial charge in [-0.3, -0.25) is 19.6 Å². The molecule has 3 rings (SSSR count). The van der Waals surface area contributed by atoms with Crippen LogP contribution in [0.1, 0.15) is 30.7 Å². The number of sulfonamides is 1. The number of hydrogen-bond acceptors (Lipinski definition) is 6. The molecule has 1 fully saturated rings. The van der Waals surface area contributed by atoms with E-state index >= 15 is 0 Å². The molecule has 12 heteroatoms. The Hall–Kier alpha value is -2.31. The number of amides is 1. The molecule has 1 aliphatic heterocycles. The largest absolute Gasteiger partial charge is 0.356 e. The maximum absolute atomic E-state index is 12.8. The second-order valence-electron chi connectivity index (χ2n) is 7.78. The van der Waals surface area contributed by atoms with Crippen LogP contribution < -0.4 is 5.32 Å². The number of aryl methyl sites for hydroxylation is 2. The van der Waals surface area contributed by atoms with E-state index in [4.69, 9.17) is 0 Å². The molecule has 0 saturated carbocycles. The third kappa shape index (κ3) is 5.36. The van der Waals surface area contributed by atoms with E-state index < -0.39 is 14.9 Å². The predicted molar refractivity (Wildman–Crippen MR) is 122 cm³/mol. The summed E-state index contributed by atoms with van der Waals surface area (Å²) in [6, 6.07) is 4.84. The fourth-order valence-corrected chi connectivity index (χ4v) is 5.48. The topological polar surface area (TPSA) is 127 Å². The summed E-state index contributed by atoms with van der Waals surface area (Å²) in [4.78, 5) is 22.7. The molecule has 0 spiro atoms. The fourth-order valence-electron chi connectivity index (χ4n) is 3.72. The lowest BCUT2D eigenvalue weighted by atomic mass is 9.97. The van der Waals surface area contributed by atoms with Gasteiger partial charge in [0.2, 0.25) is 15.9 Å². The Labute approximate surface area is 195 Å². The summed E-state index contributed by atoms with van der Waals surface area (Å²) in [5, 5.41) is 18.2. The van der Waals surface area contributed by atoms with E-state index in [0.717, 1.165) is 22.3 Å². The zero-order chi connectivity index (χ0) is 23.5. The summed E-state index contributed by atoms with van der Waals surface area (Å²) in [5.74, 6) is -0.298. The summed E-state index contributed by atoms with van der Waals surface area (Å²) in [6.45, 7) is 5.61. The van der Waals surface area contributed by atoms with Gasteiger partial charge in [0, 0.05) is 49.9 Å². The van der Waals surface area contributed by atoms with Gasteiger partial charge in [-0.2, -0.15) is 9.40 Å². The van der Waals surface area contributed by atoms with Crippen LogP contribution in [-0.4, -0.2) is 53.0 Å². The van der Waals surface area contributed by atoms with Crippen molar-refractivity contribution < 1.29 is 18.1 Å². The van der Waals surface area contributed by atoms with Crippen molar-refractivity contribution in [1.29, 1.82) is 0 Å². The fraction of sp³-hybridized carbons (Fsp3) is 0.500. The molecule has 0 radical (unpaired) electrons. The van der Waals surface area contributed by atoms with Gasteiger partial charge in [-0.15, -0.1) is 0 Å². The van der Waals surface area contributed by atoms with Gasteiger partial charge in [0.15, 0.2) is 0 Å². The second-order valence-corrected chi connectivity index (χ2v) is 10.5. The van der Waals surface area contributed by atoms with Crippen molar-refractivity contribution >= 4 is 37.5 Å². The minimum Gasteiger partial charge on any atom is -0.356 e. The third-order valence-electron chi connectivity index (χ3n) is 5.65. The van der Waals surface area contributed by atoms with E-state index in [0.29, 0.717) is 25.9 Å². The number of nitrogens with one attached hydrogen (secondary N) is 1. The number of nitro groups is 1. The van der Waals surface area contributed by atoms with Gasteiger partial charge in [0.05, 0.1) is 20.0 Å². The second kappa shape index (κ2) is 10.1. The van der Waals surface area contributed by atoms with Crippen LogP contribution in [0.4, 0.5) is 5.69 Å². The molecule has 1 saturated heterocycles. The van der Waals surface area contributed by atoms with Crippen molar-refractivity contribution in [1.82, 2.24) is 19.4 Å². The highest BCUT2D eigenvalue weighted by Crippen LogP contribution is 2.25. The Bertz CT molecular complexity index is 1090. The number of aromatic nitrogens is 2. The van der Waals surface area contributed by atoms with Gasteiger partial charge in [0.1, 0.15) is 0 Å². The minimum absolute atomic E-state index is 0.0155. The lowest BCUT2D eigenvalue weighted by molar-refractivity contribution is -0.384. The Morgan fingerprint density at radius 3 is 2.41 bits per heavy atom. The van der Waals surface area contributed by atoms with E-state index in [1.807, 2.05) is 18.5 Å². The van der Waals surface area contributed by atoms with Gasteiger partial charge >= 0.3 is 0 Å². The van der Waals surface area contributed by atoms with Crippen LogP contribution in [0.2, 0.25) is 0 Å². The summed E-state index contributed by atoms with van der Waals surface area (Å²) < 4.78 is 29.8. The summed E-state index contributed by atoms with van der Waals surface area (Å²) in [6.07, 6.45) is 1.61. The van der Waals surface area contributed by atoms with E-state index in [1.54, 1.807) is 0 Å². The van der Waals surface area contributed by atoms with Crippen LogP contribution in [0.5, 0.6) is 0 Å². The number of rotatable bonds is 8. The van der Waals surface area contributed by atoms with Gasteiger partial charge in [-0.1, -0.05) is 0 Å². The normalized spacial score (nSPS) is 15.6. The highest BCUT2D eigenvalue weighted by molar-refractivity contribution is 9.10. The molecule has 1 aromatic carbocycles. The first-order chi connectivity index (χ1) is 15.1. The number of benzene rings is 1. The Morgan fingerprint density at radius 1 is 1.25 bits per heavy atom. The smallest absolute Gasteiger partial charge is 0.269 e. The monoisotopic (exact) mass is 527 g/mol. The molecule has 32 heavy (non-hydrogen) atoms. The quantitative estimate of drug-likeness (QED) is 0.319. The third-order valence-corrected chi connectivity index (χ3v) is 8.71. The van der Waals surface area contributed by atoms with Crippen LogP contribution in [0.25, 0.3) is 0 Å². The van der Waals surface area contributed by atoms with Gasteiger partial charge in [0.25, 0.3) is 5.69 Å². The van der Waals surface area contributed by atoms with Crippen LogP contribution >= 0.6 is 15.9 Å². The molecule has 0 unspecified atom stereocenters. The van der Waals surface area contributed by atoms with Crippen LogP contribution in [0, 0.1) is 29.9 Å². The number of nitrogens with zero attached hydrogens (tertiary/aromatic N) is 4. The van der Waals surface area contributed by atoms with Crippen molar-refractivity contribution in [3.63, 3.8) is 0 Å². The van der Waals surface area contributed by atoms with E-state index in [2.05, 4.69) is 26.3 Å². The molecule has 10 nitrogen and oxygen atoms in total.